The van der Waals surface area contributed by atoms with Crippen molar-refractivity contribution in [1.29, 1.82) is 0 Å². The molecular formula is C14H25N3O. The van der Waals surface area contributed by atoms with E-state index in [4.69, 9.17) is 4.74 Å². The summed E-state index contributed by atoms with van der Waals surface area (Å²) in [6.45, 7) is 3.21. The zero-order chi connectivity index (χ0) is 13.0. The summed E-state index contributed by atoms with van der Waals surface area (Å²) in [5.41, 5.74) is 1.20. The summed E-state index contributed by atoms with van der Waals surface area (Å²) >= 11 is 0. The third kappa shape index (κ3) is 2.59. The van der Waals surface area contributed by atoms with Crippen LogP contribution in [0.25, 0.3) is 0 Å². The molecule has 18 heavy (non-hydrogen) atoms. The summed E-state index contributed by atoms with van der Waals surface area (Å²) in [4.78, 5) is 0. The van der Waals surface area contributed by atoms with E-state index >= 15 is 0 Å². The van der Waals surface area contributed by atoms with E-state index in [-0.39, 0.29) is 11.6 Å². The molecule has 1 heterocycles. The van der Waals surface area contributed by atoms with Gasteiger partial charge >= 0.3 is 0 Å². The Kier molecular flexibility index (Phi) is 4.40. The fourth-order valence-electron chi connectivity index (χ4n) is 3.07. The maximum Gasteiger partial charge on any atom is 0.0873 e. The SMILES string of the molecule is CCCNC(c1cnn(C)c1)C1(OC)CCCC1. The van der Waals surface area contributed by atoms with Crippen LogP contribution in [0.3, 0.4) is 0 Å². The zero-order valence-electron chi connectivity index (χ0n) is 11.8. The van der Waals surface area contributed by atoms with Crippen molar-refractivity contribution in [3.8, 4) is 0 Å². The Hall–Kier alpha value is -0.870. The van der Waals surface area contributed by atoms with E-state index in [0.29, 0.717) is 0 Å². The Bertz CT molecular complexity index is 369. The summed E-state index contributed by atoms with van der Waals surface area (Å²) in [5, 5.41) is 7.96. The first-order valence-corrected chi connectivity index (χ1v) is 6.99. The van der Waals surface area contributed by atoms with Crippen molar-refractivity contribution in [3.63, 3.8) is 0 Å². The Morgan fingerprint density at radius 1 is 1.50 bits per heavy atom. The summed E-state index contributed by atoms with van der Waals surface area (Å²) in [6, 6.07) is 0.263. The van der Waals surface area contributed by atoms with Crippen molar-refractivity contribution in [2.45, 2.75) is 50.7 Å². The number of rotatable bonds is 6. The van der Waals surface area contributed by atoms with Crippen molar-refractivity contribution in [2.24, 2.45) is 7.05 Å². The third-order valence-electron chi connectivity index (χ3n) is 4.04. The lowest BCUT2D eigenvalue weighted by Gasteiger charge is -2.36. The molecular weight excluding hydrogens is 226 g/mol. The van der Waals surface area contributed by atoms with E-state index in [1.165, 1.54) is 18.4 Å². The van der Waals surface area contributed by atoms with Crippen LogP contribution in [0.1, 0.15) is 50.6 Å². The fraction of sp³-hybridized carbons (Fsp3) is 0.786. The van der Waals surface area contributed by atoms with Gasteiger partial charge in [0.15, 0.2) is 0 Å². The first kappa shape index (κ1) is 13.6. The lowest BCUT2D eigenvalue weighted by molar-refractivity contribution is -0.0367. The Balaban J connectivity index is 2.23. The number of nitrogens with zero attached hydrogens (tertiary/aromatic N) is 2. The van der Waals surface area contributed by atoms with Gasteiger partial charge in [-0.1, -0.05) is 19.8 Å². The predicted octanol–water partition coefficient (Wildman–Crippen LogP) is 2.42. The molecule has 1 unspecified atom stereocenters. The molecule has 1 saturated carbocycles. The number of aromatic nitrogens is 2. The zero-order valence-corrected chi connectivity index (χ0v) is 11.8. The number of aryl methyl sites for hydroxylation is 1. The average Bonchev–Trinajstić information content (AvgIpc) is 3.00. The molecule has 0 spiro atoms. The first-order chi connectivity index (χ1) is 8.72. The maximum atomic E-state index is 5.92. The number of ether oxygens (including phenoxy) is 1. The minimum atomic E-state index is -0.0434. The highest BCUT2D eigenvalue weighted by atomic mass is 16.5. The van der Waals surface area contributed by atoms with Gasteiger partial charge in [0.25, 0.3) is 0 Å². The van der Waals surface area contributed by atoms with Gasteiger partial charge in [0.05, 0.1) is 17.8 Å². The van der Waals surface area contributed by atoms with Crippen molar-refractivity contribution in [3.05, 3.63) is 18.0 Å². The lowest BCUT2D eigenvalue weighted by Crippen LogP contribution is -2.43. The molecule has 4 heteroatoms. The van der Waals surface area contributed by atoms with E-state index in [1.54, 1.807) is 0 Å². The fourth-order valence-corrected chi connectivity index (χ4v) is 3.07. The number of hydrogen-bond donors (Lipinski definition) is 1. The van der Waals surface area contributed by atoms with Crippen LogP contribution in [-0.2, 0) is 11.8 Å². The molecule has 4 nitrogen and oxygen atoms in total. The van der Waals surface area contributed by atoms with E-state index in [2.05, 4.69) is 23.5 Å². The number of nitrogens with one attached hydrogen (secondary N) is 1. The molecule has 0 radical (unpaired) electrons. The highest BCUT2D eigenvalue weighted by molar-refractivity contribution is 5.17. The minimum absolute atomic E-state index is 0.0434. The van der Waals surface area contributed by atoms with Gasteiger partial charge in [-0.15, -0.1) is 0 Å². The highest BCUT2D eigenvalue weighted by Gasteiger charge is 2.42. The summed E-state index contributed by atoms with van der Waals surface area (Å²) in [7, 11) is 3.82. The lowest BCUT2D eigenvalue weighted by atomic mass is 9.88. The van der Waals surface area contributed by atoms with Crippen LogP contribution < -0.4 is 5.32 Å². The van der Waals surface area contributed by atoms with Gasteiger partial charge in [-0.25, -0.2) is 0 Å². The number of methoxy groups -OCH3 is 1. The standard InChI is InChI=1S/C14H25N3O/c1-4-9-15-13(12-10-16-17(2)11-12)14(18-3)7-5-6-8-14/h10-11,13,15H,4-9H2,1-3H3. The molecule has 1 aliphatic rings. The second-order valence-corrected chi connectivity index (χ2v) is 5.31. The quantitative estimate of drug-likeness (QED) is 0.844. The van der Waals surface area contributed by atoms with E-state index < -0.39 is 0 Å². The monoisotopic (exact) mass is 251 g/mol. The molecule has 1 N–H and O–H groups in total. The molecule has 1 aliphatic carbocycles. The van der Waals surface area contributed by atoms with Crippen LogP contribution in [0.2, 0.25) is 0 Å². The van der Waals surface area contributed by atoms with Crippen LogP contribution in [0.4, 0.5) is 0 Å². The van der Waals surface area contributed by atoms with Crippen molar-refractivity contribution < 1.29 is 4.74 Å². The van der Waals surface area contributed by atoms with E-state index in [1.807, 2.05) is 25.0 Å². The summed E-state index contributed by atoms with van der Waals surface area (Å²) < 4.78 is 7.79. The Morgan fingerprint density at radius 2 is 2.22 bits per heavy atom. The molecule has 102 valence electrons. The van der Waals surface area contributed by atoms with Gasteiger partial charge in [0.2, 0.25) is 0 Å². The van der Waals surface area contributed by atoms with Gasteiger partial charge in [-0.2, -0.15) is 5.10 Å². The number of hydrogen-bond acceptors (Lipinski definition) is 3. The molecule has 2 rings (SSSR count). The highest BCUT2D eigenvalue weighted by Crippen LogP contribution is 2.42. The largest absolute Gasteiger partial charge is 0.376 e. The summed E-state index contributed by atoms with van der Waals surface area (Å²) in [5.74, 6) is 0. The second-order valence-electron chi connectivity index (χ2n) is 5.31. The Morgan fingerprint density at radius 3 is 2.72 bits per heavy atom. The normalized spacial score (nSPS) is 20.2. The van der Waals surface area contributed by atoms with Crippen LogP contribution in [0.5, 0.6) is 0 Å². The van der Waals surface area contributed by atoms with Gasteiger partial charge in [0, 0.05) is 25.9 Å². The van der Waals surface area contributed by atoms with Gasteiger partial charge in [-0.05, 0) is 25.8 Å². The molecule has 1 atom stereocenters. The van der Waals surface area contributed by atoms with E-state index in [9.17, 15) is 0 Å². The summed E-state index contributed by atoms with van der Waals surface area (Å²) in [6.07, 6.45) is 10.0. The molecule has 1 aromatic heterocycles. The van der Waals surface area contributed by atoms with Gasteiger partial charge in [0.1, 0.15) is 0 Å². The molecule has 1 aromatic rings. The topological polar surface area (TPSA) is 39.1 Å². The smallest absolute Gasteiger partial charge is 0.0873 e. The van der Waals surface area contributed by atoms with Crippen LogP contribution in [0, 0.1) is 0 Å². The molecule has 0 aromatic carbocycles. The molecule has 0 aliphatic heterocycles. The molecule has 1 fully saturated rings. The van der Waals surface area contributed by atoms with Crippen molar-refractivity contribution in [1.82, 2.24) is 15.1 Å². The predicted molar refractivity (Wildman–Crippen MR) is 72.5 cm³/mol. The van der Waals surface area contributed by atoms with Crippen molar-refractivity contribution in [2.75, 3.05) is 13.7 Å². The third-order valence-corrected chi connectivity index (χ3v) is 4.04. The van der Waals surface area contributed by atoms with Gasteiger partial charge < -0.3 is 10.1 Å². The maximum absolute atomic E-state index is 5.92. The Labute approximate surface area is 110 Å². The average molecular weight is 251 g/mol. The minimum Gasteiger partial charge on any atom is -0.376 e. The first-order valence-electron chi connectivity index (χ1n) is 6.99. The molecule has 0 saturated heterocycles. The van der Waals surface area contributed by atoms with E-state index in [0.717, 1.165) is 25.8 Å². The van der Waals surface area contributed by atoms with Gasteiger partial charge in [-0.3, -0.25) is 4.68 Å². The molecule has 0 bridgehead atoms. The molecule has 0 amide bonds. The second kappa shape index (κ2) is 5.85. The van der Waals surface area contributed by atoms with Crippen LogP contribution >= 0.6 is 0 Å². The van der Waals surface area contributed by atoms with Crippen LogP contribution in [-0.4, -0.2) is 29.0 Å². The van der Waals surface area contributed by atoms with Crippen molar-refractivity contribution >= 4 is 0 Å². The van der Waals surface area contributed by atoms with Crippen LogP contribution in [0.15, 0.2) is 12.4 Å².